The first kappa shape index (κ1) is 15.9. The third-order valence-corrected chi connectivity index (χ3v) is 4.58. The van der Waals surface area contributed by atoms with Crippen LogP contribution in [-0.4, -0.2) is 43.8 Å². The van der Waals surface area contributed by atoms with Gasteiger partial charge in [0.15, 0.2) is 0 Å². The Morgan fingerprint density at radius 1 is 1.12 bits per heavy atom. The van der Waals surface area contributed by atoms with Gasteiger partial charge in [-0.1, -0.05) is 20.8 Å². The lowest BCUT2D eigenvalue weighted by Gasteiger charge is -2.23. The van der Waals surface area contributed by atoms with E-state index in [2.05, 4.69) is 0 Å². The van der Waals surface area contributed by atoms with Gasteiger partial charge in [0.1, 0.15) is 0 Å². The molecule has 0 heterocycles. The first-order chi connectivity index (χ1) is 7.19. The first-order valence-corrected chi connectivity index (χ1v) is 7.35. The molecular formula is C11H25NO3S. The molecule has 16 heavy (non-hydrogen) atoms. The fourth-order valence-electron chi connectivity index (χ4n) is 1.42. The van der Waals surface area contributed by atoms with Crippen LogP contribution in [0.15, 0.2) is 0 Å². The van der Waals surface area contributed by atoms with E-state index in [4.69, 9.17) is 5.11 Å². The monoisotopic (exact) mass is 251 g/mol. The van der Waals surface area contributed by atoms with Gasteiger partial charge in [-0.15, -0.1) is 0 Å². The largest absolute Gasteiger partial charge is 0.396 e. The molecule has 1 N–H and O–H groups in total. The van der Waals surface area contributed by atoms with Gasteiger partial charge in [0.2, 0.25) is 10.0 Å². The quantitative estimate of drug-likeness (QED) is 0.697. The maximum absolute atomic E-state index is 11.9. The molecule has 0 radical (unpaired) electrons. The number of hydrogen-bond acceptors (Lipinski definition) is 3. The van der Waals surface area contributed by atoms with Crippen LogP contribution in [0.3, 0.4) is 0 Å². The second-order valence-electron chi connectivity index (χ2n) is 5.42. The van der Waals surface area contributed by atoms with Crippen LogP contribution in [-0.2, 0) is 10.0 Å². The molecule has 0 saturated carbocycles. The van der Waals surface area contributed by atoms with Gasteiger partial charge < -0.3 is 5.11 Å². The molecule has 0 aliphatic heterocycles. The number of aliphatic hydroxyl groups is 1. The zero-order valence-corrected chi connectivity index (χ0v) is 11.7. The number of rotatable bonds is 7. The summed E-state index contributed by atoms with van der Waals surface area (Å²) < 4.78 is 25.2. The summed E-state index contributed by atoms with van der Waals surface area (Å²) in [7, 11) is -1.51. The van der Waals surface area contributed by atoms with Gasteiger partial charge in [0.05, 0.1) is 5.75 Å². The van der Waals surface area contributed by atoms with Crippen molar-refractivity contribution in [3.05, 3.63) is 0 Å². The molecule has 0 aromatic rings. The Hall–Kier alpha value is -0.130. The highest BCUT2D eigenvalue weighted by molar-refractivity contribution is 7.89. The average molecular weight is 251 g/mol. The molecule has 0 aliphatic rings. The van der Waals surface area contributed by atoms with E-state index in [9.17, 15) is 8.42 Å². The van der Waals surface area contributed by atoms with Crippen molar-refractivity contribution in [2.24, 2.45) is 5.41 Å². The first-order valence-electron chi connectivity index (χ1n) is 5.74. The van der Waals surface area contributed by atoms with Gasteiger partial charge in [-0.05, 0) is 24.7 Å². The minimum atomic E-state index is -3.13. The molecular weight excluding hydrogens is 226 g/mol. The van der Waals surface area contributed by atoms with Gasteiger partial charge >= 0.3 is 0 Å². The molecule has 0 unspecified atom stereocenters. The van der Waals surface area contributed by atoms with Crippen molar-refractivity contribution in [1.82, 2.24) is 4.31 Å². The van der Waals surface area contributed by atoms with Gasteiger partial charge in [-0.25, -0.2) is 12.7 Å². The van der Waals surface area contributed by atoms with Crippen molar-refractivity contribution in [3.8, 4) is 0 Å². The van der Waals surface area contributed by atoms with Crippen LogP contribution in [0, 0.1) is 5.41 Å². The third kappa shape index (κ3) is 7.19. The summed E-state index contributed by atoms with van der Waals surface area (Å²) in [6.45, 7) is 6.48. The summed E-state index contributed by atoms with van der Waals surface area (Å²) >= 11 is 0. The molecule has 0 fully saturated rings. The fraction of sp³-hybridized carbons (Fsp3) is 1.00. The zero-order valence-electron chi connectivity index (χ0n) is 10.9. The molecule has 0 aliphatic carbocycles. The lowest BCUT2D eigenvalue weighted by molar-refractivity contribution is 0.281. The second-order valence-corrected chi connectivity index (χ2v) is 7.50. The number of sulfonamides is 1. The maximum Gasteiger partial charge on any atom is 0.214 e. The molecule has 5 heteroatoms. The van der Waals surface area contributed by atoms with Crippen LogP contribution < -0.4 is 0 Å². The Balaban J connectivity index is 4.11. The zero-order chi connectivity index (χ0) is 12.8. The summed E-state index contributed by atoms with van der Waals surface area (Å²) in [6.07, 6.45) is 2.42. The predicted molar refractivity (Wildman–Crippen MR) is 66.8 cm³/mol. The summed E-state index contributed by atoms with van der Waals surface area (Å²) in [5.41, 5.74) is -0.210. The Morgan fingerprint density at radius 3 is 2.12 bits per heavy atom. The Labute approximate surface area is 99.7 Å². The average Bonchev–Trinajstić information content (AvgIpc) is 2.08. The van der Waals surface area contributed by atoms with Crippen LogP contribution in [0.5, 0.6) is 0 Å². The van der Waals surface area contributed by atoms with Crippen LogP contribution >= 0.6 is 0 Å². The molecule has 98 valence electrons. The molecule has 0 saturated heterocycles. The fourth-order valence-corrected chi connectivity index (χ4v) is 3.14. The molecule has 0 aromatic heterocycles. The maximum atomic E-state index is 11.9. The van der Waals surface area contributed by atoms with E-state index in [-0.39, 0.29) is 17.8 Å². The number of nitrogens with zero attached hydrogens (tertiary/aromatic N) is 1. The van der Waals surface area contributed by atoms with Crippen molar-refractivity contribution in [3.63, 3.8) is 0 Å². The van der Waals surface area contributed by atoms with E-state index >= 15 is 0 Å². The Bertz CT molecular complexity index is 280. The Morgan fingerprint density at radius 2 is 1.69 bits per heavy atom. The van der Waals surface area contributed by atoms with E-state index in [0.717, 1.165) is 19.3 Å². The number of aliphatic hydroxyl groups excluding tert-OH is 1. The normalized spacial score (nSPS) is 13.4. The Kier molecular flexibility index (Phi) is 6.51. The topological polar surface area (TPSA) is 57.6 Å². The molecule has 0 rings (SSSR count). The summed E-state index contributed by atoms with van der Waals surface area (Å²) in [6, 6.07) is 0. The summed E-state index contributed by atoms with van der Waals surface area (Å²) in [5.74, 6) is 0.177. The van der Waals surface area contributed by atoms with Crippen molar-refractivity contribution in [1.29, 1.82) is 0 Å². The van der Waals surface area contributed by atoms with Gasteiger partial charge in [-0.2, -0.15) is 0 Å². The summed E-state index contributed by atoms with van der Waals surface area (Å²) in [5, 5.41) is 8.61. The van der Waals surface area contributed by atoms with Gasteiger partial charge in [0, 0.05) is 20.2 Å². The van der Waals surface area contributed by atoms with E-state index in [1.165, 1.54) is 4.31 Å². The summed E-state index contributed by atoms with van der Waals surface area (Å²) in [4.78, 5) is 0. The lowest BCUT2D eigenvalue weighted by atomic mass is 10.0. The number of hydrogen-bond donors (Lipinski definition) is 1. The van der Waals surface area contributed by atoms with Crippen molar-refractivity contribution < 1.29 is 13.5 Å². The van der Waals surface area contributed by atoms with Crippen LogP contribution in [0.25, 0.3) is 0 Å². The van der Waals surface area contributed by atoms with E-state index in [1.807, 2.05) is 20.8 Å². The highest BCUT2D eigenvalue weighted by Crippen LogP contribution is 2.18. The van der Waals surface area contributed by atoms with Crippen molar-refractivity contribution in [2.75, 3.05) is 26.0 Å². The van der Waals surface area contributed by atoms with Gasteiger partial charge in [0.25, 0.3) is 0 Å². The standard InChI is InChI=1S/C11H25NO3S/c1-11(2,3)10-16(14,15)12(4)8-6-5-7-9-13/h13H,5-10H2,1-4H3. The number of unbranched alkanes of at least 4 members (excludes halogenated alkanes) is 2. The van der Waals surface area contributed by atoms with Crippen LogP contribution in [0.4, 0.5) is 0 Å². The highest BCUT2D eigenvalue weighted by atomic mass is 32.2. The molecule has 0 bridgehead atoms. The molecule has 0 atom stereocenters. The SMILES string of the molecule is CN(CCCCCO)S(=O)(=O)CC(C)(C)C. The second kappa shape index (κ2) is 6.57. The minimum absolute atomic E-state index is 0.177. The highest BCUT2D eigenvalue weighted by Gasteiger charge is 2.24. The minimum Gasteiger partial charge on any atom is -0.396 e. The van der Waals surface area contributed by atoms with E-state index in [1.54, 1.807) is 7.05 Å². The van der Waals surface area contributed by atoms with Crippen molar-refractivity contribution >= 4 is 10.0 Å². The predicted octanol–water partition coefficient (Wildman–Crippen LogP) is 1.46. The van der Waals surface area contributed by atoms with Crippen LogP contribution in [0.2, 0.25) is 0 Å². The molecule has 4 nitrogen and oxygen atoms in total. The van der Waals surface area contributed by atoms with Gasteiger partial charge in [-0.3, -0.25) is 0 Å². The molecule has 0 spiro atoms. The van der Waals surface area contributed by atoms with E-state index < -0.39 is 10.0 Å². The lowest BCUT2D eigenvalue weighted by Crippen LogP contribution is -2.34. The molecule has 0 amide bonds. The smallest absolute Gasteiger partial charge is 0.214 e. The molecule has 0 aromatic carbocycles. The van der Waals surface area contributed by atoms with Crippen molar-refractivity contribution in [2.45, 2.75) is 40.0 Å². The van der Waals surface area contributed by atoms with E-state index in [0.29, 0.717) is 6.54 Å². The third-order valence-electron chi connectivity index (χ3n) is 2.22. The van der Waals surface area contributed by atoms with Crippen LogP contribution in [0.1, 0.15) is 40.0 Å².